The molecule has 0 spiro atoms. The van der Waals surface area contributed by atoms with Crippen LogP contribution in [0.25, 0.3) is 0 Å². The van der Waals surface area contributed by atoms with Gasteiger partial charge in [0.15, 0.2) is 0 Å². The van der Waals surface area contributed by atoms with Gasteiger partial charge in [0, 0.05) is 24.1 Å². The molecule has 72 valence electrons. The van der Waals surface area contributed by atoms with Crippen molar-refractivity contribution in [1.29, 1.82) is 0 Å². The largest absolute Gasteiger partial charge is 0.399 e. The van der Waals surface area contributed by atoms with Gasteiger partial charge in [-0.1, -0.05) is 11.6 Å². The standard InChI is InChI=1S/C12H14N2/c1-10-6-8-14(9-7-10)12-4-2-11(13)3-5-12/h2-8H,9,13H2,1H3. The van der Waals surface area contributed by atoms with E-state index in [0.29, 0.717) is 0 Å². The highest BCUT2D eigenvalue weighted by Gasteiger charge is 2.03. The Bertz CT molecular complexity index is 374. The first-order valence-corrected chi connectivity index (χ1v) is 4.73. The number of hydrogen-bond acceptors (Lipinski definition) is 2. The third-order valence-electron chi connectivity index (χ3n) is 2.35. The van der Waals surface area contributed by atoms with E-state index in [0.717, 1.165) is 12.2 Å². The maximum atomic E-state index is 5.63. The molecule has 1 aliphatic rings. The van der Waals surface area contributed by atoms with Gasteiger partial charge in [-0.2, -0.15) is 0 Å². The van der Waals surface area contributed by atoms with E-state index in [1.807, 2.05) is 24.3 Å². The van der Waals surface area contributed by atoms with Crippen LogP contribution in [0.4, 0.5) is 11.4 Å². The zero-order chi connectivity index (χ0) is 9.97. The van der Waals surface area contributed by atoms with Crippen molar-refractivity contribution in [2.24, 2.45) is 0 Å². The van der Waals surface area contributed by atoms with Gasteiger partial charge in [-0.05, 0) is 37.3 Å². The van der Waals surface area contributed by atoms with Gasteiger partial charge in [0.25, 0.3) is 0 Å². The summed E-state index contributed by atoms with van der Waals surface area (Å²) in [7, 11) is 0. The van der Waals surface area contributed by atoms with Crippen molar-refractivity contribution in [3.63, 3.8) is 0 Å². The zero-order valence-corrected chi connectivity index (χ0v) is 8.27. The van der Waals surface area contributed by atoms with Gasteiger partial charge < -0.3 is 10.6 Å². The molecule has 2 rings (SSSR count). The average molecular weight is 186 g/mol. The van der Waals surface area contributed by atoms with E-state index in [2.05, 4.69) is 30.2 Å². The van der Waals surface area contributed by atoms with E-state index in [-0.39, 0.29) is 0 Å². The molecule has 0 amide bonds. The molecule has 14 heavy (non-hydrogen) atoms. The summed E-state index contributed by atoms with van der Waals surface area (Å²) in [6, 6.07) is 7.92. The van der Waals surface area contributed by atoms with Crippen LogP contribution in [0.3, 0.4) is 0 Å². The Morgan fingerprint density at radius 3 is 2.50 bits per heavy atom. The lowest BCUT2D eigenvalue weighted by Crippen LogP contribution is -2.18. The molecule has 0 aromatic heterocycles. The van der Waals surface area contributed by atoms with Crippen LogP contribution < -0.4 is 10.6 Å². The SMILES string of the molecule is CC1=CCN(c2ccc(N)cc2)C=C1. The Kier molecular flexibility index (Phi) is 2.27. The van der Waals surface area contributed by atoms with Crippen molar-refractivity contribution in [2.45, 2.75) is 6.92 Å². The van der Waals surface area contributed by atoms with E-state index >= 15 is 0 Å². The average Bonchev–Trinajstić information content (AvgIpc) is 2.21. The van der Waals surface area contributed by atoms with Gasteiger partial charge in [-0.25, -0.2) is 0 Å². The van der Waals surface area contributed by atoms with Gasteiger partial charge in [0.05, 0.1) is 0 Å². The third-order valence-corrected chi connectivity index (χ3v) is 2.35. The highest BCUT2D eigenvalue weighted by molar-refractivity contribution is 5.56. The van der Waals surface area contributed by atoms with Crippen molar-refractivity contribution in [3.05, 3.63) is 48.2 Å². The smallest absolute Gasteiger partial charge is 0.0411 e. The number of allylic oxidation sites excluding steroid dienone is 2. The first-order chi connectivity index (χ1) is 6.75. The molecule has 0 atom stereocenters. The molecule has 0 aliphatic carbocycles. The second-order valence-electron chi connectivity index (χ2n) is 3.51. The Hall–Kier alpha value is -1.70. The molecule has 0 bridgehead atoms. The van der Waals surface area contributed by atoms with Crippen LogP contribution in [-0.4, -0.2) is 6.54 Å². The number of nitrogen functional groups attached to an aromatic ring is 1. The predicted octanol–water partition coefficient (Wildman–Crippen LogP) is 2.55. The van der Waals surface area contributed by atoms with Crippen LogP contribution in [0.5, 0.6) is 0 Å². The summed E-state index contributed by atoms with van der Waals surface area (Å²) >= 11 is 0. The van der Waals surface area contributed by atoms with Crippen LogP contribution in [0.15, 0.2) is 48.2 Å². The molecule has 2 nitrogen and oxygen atoms in total. The lowest BCUT2D eigenvalue weighted by Gasteiger charge is -2.21. The quantitative estimate of drug-likeness (QED) is 0.683. The molecular weight excluding hydrogens is 172 g/mol. The summed E-state index contributed by atoms with van der Waals surface area (Å²) < 4.78 is 0. The van der Waals surface area contributed by atoms with Gasteiger partial charge >= 0.3 is 0 Å². The highest BCUT2D eigenvalue weighted by Crippen LogP contribution is 2.19. The van der Waals surface area contributed by atoms with E-state index in [1.54, 1.807) is 0 Å². The minimum absolute atomic E-state index is 0.807. The van der Waals surface area contributed by atoms with Crippen molar-refractivity contribution in [3.8, 4) is 0 Å². The lowest BCUT2D eigenvalue weighted by atomic mass is 10.2. The number of rotatable bonds is 1. The fourth-order valence-electron chi connectivity index (χ4n) is 1.44. The van der Waals surface area contributed by atoms with E-state index < -0.39 is 0 Å². The number of anilines is 2. The summed E-state index contributed by atoms with van der Waals surface area (Å²) in [6.07, 6.45) is 6.41. The maximum absolute atomic E-state index is 5.63. The molecule has 1 aromatic rings. The Balaban J connectivity index is 2.18. The van der Waals surface area contributed by atoms with Gasteiger partial charge in [0.1, 0.15) is 0 Å². The second-order valence-corrected chi connectivity index (χ2v) is 3.51. The summed E-state index contributed by atoms with van der Waals surface area (Å²) in [4.78, 5) is 2.19. The Morgan fingerprint density at radius 2 is 1.93 bits per heavy atom. The molecule has 0 unspecified atom stereocenters. The van der Waals surface area contributed by atoms with Crippen molar-refractivity contribution in [2.75, 3.05) is 17.2 Å². The Morgan fingerprint density at radius 1 is 1.21 bits per heavy atom. The van der Waals surface area contributed by atoms with Gasteiger partial charge in [0.2, 0.25) is 0 Å². The van der Waals surface area contributed by atoms with E-state index in [4.69, 9.17) is 5.73 Å². The normalized spacial score (nSPS) is 15.5. The molecule has 0 saturated carbocycles. The number of nitrogens with zero attached hydrogens (tertiary/aromatic N) is 1. The predicted molar refractivity (Wildman–Crippen MR) is 61.1 cm³/mol. The number of benzene rings is 1. The van der Waals surface area contributed by atoms with Crippen molar-refractivity contribution in [1.82, 2.24) is 0 Å². The maximum Gasteiger partial charge on any atom is 0.0411 e. The van der Waals surface area contributed by atoms with Crippen LogP contribution in [0, 0.1) is 0 Å². The number of hydrogen-bond donors (Lipinski definition) is 1. The molecule has 1 heterocycles. The van der Waals surface area contributed by atoms with Crippen molar-refractivity contribution < 1.29 is 0 Å². The molecule has 2 N–H and O–H groups in total. The van der Waals surface area contributed by atoms with Crippen molar-refractivity contribution >= 4 is 11.4 Å². The molecule has 2 heteroatoms. The Labute approximate surface area is 84.3 Å². The zero-order valence-electron chi connectivity index (χ0n) is 8.27. The van der Waals surface area contributed by atoms with Crippen LogP contribution in [0.2, 0.25) is 0 Å². The second kappa shape index (κ2) is 3.58. The third kappa shape index (κ3) is 1.79. The van der Waals surface area contributed by atoms with E-state index in [1.165, 1.54) is 11.3 Å². The minimum Gasteiger partial charge on any atom is -0.399 e. The summed E-state index contributed by atoms with van der Waals surface area (Å²) in [5.41, 5.74) is 8.93. The first-order valence-electron chi connectivity index (χ1n) is 4.73. The van der Waals surface area contributed by atoms with Crippen LogP contribution >= 0.6 is 0 Å². The topological polar surface area (TPSA) is 29.3 Å². The van der Waals surface area contributed by atoms with Gasteiger partial charge in [-0.3, -0.25) is 0 Å². The lowest BCUT2D eigenvalue weighted by molar-refractivity contribution is 1.06. The van der Waals surface area contributed by atoms with Crippen LogP contribution in [0.1, 0.15) is 6.92 Å². The summed E-state index contributed by atoms with van der Waals surface area (Å²) in [5.74, 6) is 0. The fourth-order valence-corrected chi connectivity index (χ4v) is 1.44. The fraction of sp³-hybridized carbons (Fsp3) is 0.167. The van der Waals surface area contributed by atoms with E-state index in [9.17, 15) is 0 Å². The molecule has 1 aliphatic heterocycles. The first kappa shape index (κ1) is 8.88. The molecule has 0 fully saturated rings. The summed E-state index contributed by atoms with van der Waals surface area (Å²) in [6.45, 7) is 3.04. The minimum atomic E-state index is 0.807. The van der Waals surface area contributed by atoms with Gasteiger partial charge in [-0.15, -0.1) is 0 Å². The molecular formula is C12H14N2. The van der Waals surface area contributed by atoms with Crippen LogP contribution in [-0.2, 0) is 0 Å². The molecule has 0 radical (unpaired) electrons. The molecule has 1 aromatic carbocycles. The monoisotopic (exact) mass is 186 g/mol. The number of nitrogens with two attached hydrogens (primary N) is 1. The highest BCUT2D eigenvalue weighted by atomic mass is 15.1. The summed E-state index contributed by atoms with van der Waals surface area (Å²) in [5, 5.41) is 0. The molecule has 0 saturated heterocycles.